The van der Waals surface area contributed by atoms with E-state index in [0.717, 1.165) is 12.1 Å². The lowest BCUT2D eigenvalue weighted by atomic mass is 10.0. The zero-order valence-electron chi connectivity index (χ0n) is 16.4. The molecular weight excluding hydrogens is 404 g/mol. The summed E-state index contributed by atoms with van der Waals surface area (Å²) in [5.41, 5.74) is 1.02. The second kappa shape index (κ2) is 10.2. The lowest BCUT2D eigenvalue weighted by Gasteiger charge is -2.18. The van der Waals surface area contributed by atoms with Crippen molar-refractivity contribution in [3.8, 4) is 0 Å². The van der Waals surface area contributed by atoms with Crippen LogP contribution in [0.3, 0.4) is 0 Å². The van der Waals surface area contributed by atoms with Crippen LogP contribution in [0.2, 0.25) is 0 Å². The highest BCUT2D eigenvalue weighted by atomic mass is 19.1. The summed E-state index contributed by atoms with van der Waals surface area (Å²) in [6, 6.07) is 17.4. The zero-order valence-corrected chi connectivity index (χ0v) is 16.4. The van der Waals surface area contributed by atoms with Gasteiger partial charge in [0.1, 0.15) is 17.7 Å². The van der Waals surface area contributed by atoms with Crippen molar-refractivity contribution in [2.45, 2.75) is 12.5 Å². The molecule has 0 amide bonds. The molecule has 0 aliphatic rings. The van der Waals surface area contributed by atoms with Crippen LogP contribution in [0.4, 0.5) is 14.5 Å². The second-order valence-corrected chi connectivity index (χ2v) is 6.73. The number of Topliss-reactive ketones (excluding diaryl/α,β-unsaturated/α-hetero) is 2. The lowest BCUT2D eigenvalue weighted by molar-refractivity contribution is -0.143. The van der Waals surface area contributed by atoms with Crippen LogP contribution in [0.25, 0.3) is 0 Å². The maximum absolute atomic E-state index is 13.2. The molecule has 158 valence electrons. The third-order valence-electron chi connectivity index (χ3n) is 4.47. The van der Waals surface area contributed by atoms with Crippen LogP contribution in [0.5, 0.6) is 0 Å². The van der Waals surface area contributed by atoms with Crippen molar-refractivity contribution in [1.82, 2.24) is 0 Å². The maximum atomic E-state index is 13.2. The van der Waals surface area contributed by atoms with Gasteiger partial charge in [0.05, 0.1) is 0 Å². The van der Waals surface area contributed by atoms with E-state index in [4.69, 9.17) is 4.74 Å². The highest BCUT2D eigenvalue weighted by Crippen LogP contribution is 2.15. The van der Waals surface area contributed by atoms with E-state index in [1.54, 1.807) is 30.3 Å². The molecule has 0 aromatic heterocycles. The summed E-state index contributed by atoms with van der Waals surface area (Å²) in [7, 11) is 0. The molecule has 0 aliphatic heterocycles. The fraction of sp³-hybridized carbons (Fsp3) is 0.125. The Morgan fingerprint density at radius 3 is 1.90 bits per heavy atom. The van der Waals surface area contributed by atoms with Crippen LogP contribution in [0.1, 0.15) is 27.1 Å². The summed E-state index contributed by atoms with van der Waals surface area (Å²) in [4.78, 5) is 37.4. The standard InChI is InChI=1S/C24H19F2NO4/c25-18-8-6-17(7-9-18)23(29)15-31-24(30)21(27-20-12-10-19(26)11-13-20)14-22(28)16-4-2-1-3-5-16/h1-13,21,27H,14-15H2/t21-/m0/s1. The number of esters is 1. The molecule has 0 unspecified atom stereocenters. The van der Waals surface area contributed by atoms with Crippen molar-refractivity contribution in [2.24, 2.45) is 0 Å². The molecule has 3 aromatic carbocycles. The Hall–Kier alpha value is -3.87. The molecular formula is C24H19F2NO4. The Bertz CT molecular complexity index is 1050. The highest BCUT2D eigenvalue weighted by molar-refractivity contribution is 6.01. The average molecular weight is 423 g/mol. The Labute approximate surface area is 177 Å². The van der Waals surface area contributed by atoms with Crippen LogP contribution in [-0.4, -0.2) is 30.2 Å². The first kappa shape index (κ1) is 21.8. The zero-order chi connectivity index (χ0) is 22.2. The molecule has 1 N–H and O–H groups in total. The number of nitrogens with one attached hydrogen (secondary N) is 1. The van der Waals surface area contributed by atoms with Gasteiger partial charge in [0.25, 0.3) is 0 Å². The van der Waals surface area contributed by atoms with E-state index in [1.165, 1.54) is 36.4 Å². The summed E-state index contributed by atoms with van der Waals surface area (Å²) < 4.78 is 31.3. The summed E-state index contributed by atoms with van der Waals surface area (Å²) in [6.45, 7) is -0.564. The monoisotopic (exact) mass is 423 g/mol. The smallest absolute Gasteiger partial charge is 0.329 e. The van der Waals surface area contributed by atoms with E-state index in [1.807, 2.05) is 0 Å². The first-order valence-corrected chi connectivity index (χ1v) is 9.48. The molecule has 0 spiro atoms. The second-order valence-electron chi connectivity index (χ2n) is 6.73. The van der Waals surface area contributed by atoms with E-state index in [-0.39, 0.29) is 17.8 Å². The van der Waals surface area contributed by atoms with Gasteiger partial charge in [-0.25, -0.2) is 13.6 Å². The minimum Gasteiger partial charge on any atom is -0.456 e. The lowest BCUT2D eigenvalue weighted by Crippen LogP contribution is -2.34. The van der Waals surface area contributed by atoms with Crippen molar-refractivity contribution >= 4 is 23.2 Å². The van der Waals surface area contributed by atoms with Gasteiger partial charge in [0.15, 0.2) is 18.2 Å². The van der Waals surface area contributed by atoms with Gasteiger partial charge in [-0.15, -0.1) is 0 Å². The fourth-order valence-electron chi connectivity index (χ4n) is 2.82. The SMILES string of the molecule is O=C(COC(=O)[C@H](CC(=O)c1ccccc1)Nc1ccc(F)cc1)c1ccc(F)cc1. The van der Waals surface area contributed by atoms with Crippen molar-refractivity contribution in [2.75, 3.05) is 11.9 Å². The van der Waals surface area contributed by atoms with E-state index in [9.17, 15) is 23.2 Å². The Balaban J connectivity index is 1.70. The van der Waals surface area contributed by atoms with Crippen molar-refractivity contribution < 1.29 is 27.9 Å². The van der Waals surface area contributed by atoms with E-state index >= 15 is 0 Å². The molecule has 0 heterocycles. The number of hydrogen-bond acceptors (Lipinski definition) is 5. The van der Waals surface area contributed by atoms with Gasteiger partial charge in [-0.3, -0.25) is 9.59 Å². The maximum Gasteiger partial charge on any atom is 0.329 e. The van der Waals surface area contributed by atoms with Crippen molar-refractivity contribution in [3.63, 3.8) is 0 Å². The number of benzene rings is 3. The summed E-state index contributed by atoms with van der Waals surface area (Å²) >= 11 is 0. The molecule has 5 nitrogen and oxygen atoms in total. The van der Waals surface area contributed by atoms with Gasteiger partial charge in [-0.05, 0) is 48.5 Å². The van der Waals surface area contributed by atoms with Crippen LogP contribution >= 0.6 is 0 Å². The first-order valence-electron chi connectivity index (χ1n) is 9.48. The Morgan fingerprint density at radius 2 is 1.29 bits per heavy atom. The number of carbonyl (C=O) groups is 3. The average Bonchev–Trinajstić information content (AvgIpc) is 2.79. The molecule has 3 aromatic rings. The highest BCUT2D eigenvalue weighted by Gasteiger charge is 2.25. The minimum atomic E-state index is -1.10. The van der Waals surface area contributed by atoms with E-state index in [0.29, 0.717) is 11.3 Å². The van der Waals surface area contributed by atoms with Crippen LogP contribution in [0, 0.1) is 11.6 Å². The number of ether oxygens (including phenoxy) is 1. The largest absolute Gasteiger partial charge is 0.456 e. The molecule has 0 saturated heterocycles. The molecule has 0 radical (unpaired) electrons. The predicted molar refractivity (Wildman–Crippen MR) is 111 cm³/mol. The van der Waals surface area contributed by atoms with Crippen LogP contribution < -0.4 is 5.32 Å². The van der Waals surface area contributed by atoms with Crippen LogP contribution in [-0.2, 0) is 9.53 Å². The molecule has 0 saturated carbocycles. The summed E-state index contributed by atoms with van der Waals surface area (Å²) in [6.07, 6.45) is -0.231. The van der Waals surface area contributed by atoms with Crippen molar-refractivity contribution in [3.05, 3.63) is 102 Å². The van der Waals surface area contributed by atoms with Gasteiger partial charge < -0.3 is 10.1 Å². The molecule has 0 fully saturated rings. The molecule has 0 bridgehead atoms. The third kappa shape index (κ3) is 6.30. The number of anilines is 1. The number of hydrogen-bond donors (Lipinski definition) is 1. The Kier molecular flexibility index (Phi) is 7.22. The first-order chi connectivity index (χ1) is 14.9. The van der Waals surface area contributed by atoms with Crippen molar-refractivity contribution in [1.29, 1.82) is 0 Å². The Morgan fingerprint density at radius 1 is 0.742 bits per heavy atom. The van der Waals surface area contributed by atoms with E-state index < -0.39 is 36.0 Å². The molecule has 1 atom stereocenters. The topological polar surface area (TPSA) is 72.5 Å². The molecule has 7 heteroatoms. The minimum absolute atomic E-state index is 0.192. The molecule has 0 aliphatic carbocycles. The third-order valence-corrected chi connectivity index (χ3v) is 4.47. The number of ketones is 2. The summed E-state index contributed by atoms with van der Waals surface area (Å²) in [5.74, 6) is -2.57. The van der Waals surface area contributed by atoms with Gasteiger partial charge in [0.2, 0.25) is 0 Å². The van der Waals surface area contributed by atoms with Gasteiger partial charge in [0, 0.05) is 23.2 Å². The van der Waals surface area contributed by atoms with Gasteiger partial charge in [-0.2, -0.15) is 0 Å². The summed E-state index contributed by atoms with van der Waals surface area (Å²) in [5, 5.41) is 2.85. The molecule has 3 rings (SSSR count). The quantitative estimate of drug-likeness (QED) is 0.407. The number of carbonyl (C=O) groups excluding carboxylic acids is 3. The van der Waals surface area contributed by atoms with E-state index in [2.05, 4.69) is 5.32 Å². The normalized spacial score (nSPS) is 11.4. The van der Waals surface area contributed by atoms with Crippen LogP contribution in [0.15, 0.2) is 78.9 Å². The molecule has 31 heavy (non-hydrogen) atoms. The number of halogens is 2. The predicted octanol–water partition coefficient (Wildman–Crippen LogP) is 4.44. The fourth-order valence-corrected chi connectivity index (χ4v) is 2.82. The van der Waals surface area contributed by atoms with Gasteiger partial charge in [-0.1, -0.05) is 30.3 Å². The van der Waals surface area contributed by atoms with Gasteiger partial charge >= 0.3 is 5.97 Å². The number of rotatable bonds is 9.